The second-order valence-electron chi connectivity index (χ2n) is 5.36. The number of hydrogen-bond donors (Lipinski definition) is 1. The molecule has 22 heavy (non-hydrogen) atoms. The minimum Gasteiger partial charge on any atom is -0.493 e. The minimum absolute atomic E-state index is 0.293. The van der Waals surface area contributed by atoms with Crippen molar-refractivity contribution in [2.45, 2.75) is 46.3 Å². The Kier molecular flexibility index (Phi) is 9.52. The second kappa shape index (κ2) is 10.9. The molecule has 5 heteroatoms. The predicted octanol–water partition coefficient (Wildman–Crippen LogP) is 4.15. The first-order valence-electron chi connectivity index (χ1n) is 7.90. The maximum atomic E-state index is 5.88. The Morgan fingerprint density at radius 3 is 2.64 bits per heavy atom. The molecule has 0 atom stereocenters. The zero-order valence-corrected chi connectivity index (χ0v) is 15.7. The number of nitrogens with one attached hydrogen (secondary N) is 1. The molecular weight excluding hydrogens is 346 g/mol. The quantitative estimate of drug-likeness (QED) is 0.591. The Balaban J connectivity index is 2.59. The molecule has 0 aliphatic carbocycles. The third kappa shape index (κ3) is 6.55. The van der Waals surface area contributed by atoms with Crippen LogP contribution in [0.3, 0.4) is 0 Å². The van der Waals surface area contributed by atoms with Crippen LogP contribution in [0.2, 0.25) is 0 Å². The molecule has 0 heterocycles. The van der Waals surface area contributed by atoms with Gasteiger partial charge in [-0.2, -0.15) is 0 Å². The van der Waals surface area contributed by atoms with Crippen LogP contribution in [0, 0.1) is 0 Å². The molecule has 4 nitrogen and oxygen atoms in total. The lowest BCUT2D eigenvalue weighted by atomic mass is 10.1. The minimum atomic E-state index is 0.293. The van der Waals surface area contributed by atoms with Crippen molar-refractivity contribution in [3.8, 4) is 11.5 Å². The van der Waals surface area contributed by atoms with Gasteiger partial charge in [0.15, 0.2) is 11.5 Å². The molecule has 0 bridgehead atoms. The van der Waals surface area contributed by atoms with Gasteiger partial charge < -0.3 is 19.5 Å². The zero-order valence-electron chi connectivity index (χ0n) is 14.1. The predicted molar refractivity (Wildman–Crippen MR) is 93.9 cm³/mol. The number of hydrogen-bond acceptors (Lipinski definition) is 4. The summed E-state index contributed by atoms with van der Waals surface area (Å²) >= 11 is 3.60. The summed E-state index contributed by atoms with van der Waals surface area (Å²) in [5, 5.41) is 3.44. The van der Waals surface area contributed by atoms with Crippen LogP contribution >= 0.6 is 15.9 Å². The lowest BCUT2D eigenvalue weighted by Crippen LogP contribution is -2.18. The molecule has 0 aliphatic rings. The summed E-state index contributed by atoms with van der Waals surface area (Å²) in [5.41, 5.74) is 1.09. The van der Waals surface area contributed by atoms with Gasteiger partial charge in [-0.15, -0.1) is 0 Å². The van der Waals surface area contributed by atoms with Crippen LogP contribution in [0.1, 0.15) is 39.2 Å². The molecule has 126 valence electrons. The van der Waals surface area contributed by atoms with Crippen molar-refractivity contribution >= 4 is 15.9 Å². The van der Waals surface area contributed by atoms with Crippen molar-refractivity contribution in [1.29, 1.82) is 0 Å². The van der Waals surface area contributed by atoms with Crippen LogP contribution in [0.5, 0.6) is 11.5 Å². The Morgan fingerprint density at radius 1 is 1.23 bits per heavy atom. The summed E-state index contributed by atoms with van der Waals surface area (Å²) < 4.78 is 17.9. The van der Waals surface area contributed by atoms with Gasteiger partial charge in [0.05, 0.1) is 19.8 Å². The fraction of sp³-hybridized carbons (Fsp3) is 0.647. The molecule has 0 spiro atoms. The highest BCUT2D eigenvalue weighted by atomic mass is 79.9. The molecule has 1 rings (SSSR count). The Bertz CT molecular complexity index is 438. The highest BCUT2D eigenvalue weighted by Crippen LogP contribution is 2.36. The van der Waals surface area contributed by atoms with Crippen LogP contribution < -0.4 is 14.8 Å². The van der Waals surface area contributed by atoms with E-state index in [2.05, 4.69) is 42.0 Å². The molecule has 1 aromatic carbocycles. The van der Waals surface area contributed by atoms with E-state index >= 15 is 0 Å². The average molecular weight is 374 g/mol. The van der Waals surface area contributed by atoms with E-state index in [0.717, 1.165) is 54.1 Å². The van der Waals surface area contributed by atoms with Gasteiger partial charge in [0.25, 0.3) is 0 Å². The lowest BCUT2D eigenvalue weighted by Gasteiger charge is -2.17. The SMILES string of the molecule is CCCOc1c(OC)ccc(Br)c1CNCCCOC(C)C. The topological polar surface area (TPSA) is 39.7 Å². The van der Waals surface area contributed by atoms with Gasteiger partial charge in [-0.3, -0.25) is 0 Å². The first kappa shape index (κ1) is 19.3. The highest BCUT2D eigenvalue weighted by Gasteiger charge is 2.14. The number of halogens is 1. The van der Waals surface area contributed by atoms with Gasteiger partial charge in [-0.05, 0) is 45.4 Å². The third-order valence-corrected chi connectivity index (χ3v) is 3.83. The monoisotopic (exact) mass is 373 g/mol. The fourth-order valence-corrected chi connectivity index (χ4v) is 2.45. The lowest BCUT2D eigenvalue weighted by molar-refractivity contribution is 0.0770. The molecule has 0 unspecified atom stereocenters. The molecule has 1 N–H and O–H groups in total. The summed E-state index contributed by atoms with van der Waals surface area (Å²) in [4.78, 5) is 0. The van der Waals surface area contributed by atoms with Crippen molar-refractivity contribution in [3.63, 3.8) is 0 Å². The van der Waals surface area contributed by atoms with Crippen molar-refractivity contribution in [1.82, 2.24) is 5.32 Å². The van der Waals surface area contributed by atoms with E-state index in [4.69, 9.17) is 14.2 Å². The number of rotatable bonds is 11. The molecule has 0 aromatic heterocycles. The van der Waals surface area contributed by atoms with Crippen LogP contribution in [-0.2, 0) is 11.3 Å². The van der Waals surface area contributed by atoms with Crippen molar-refractivity contribution < 1.29 is 14.2 Å². The van der Waals surface area contributed by atoms with Crippen LogP contribution in [-0.4, -0.2) is 33.0 Å². The van der Waals surface area contributed by atoms with Gasteiger partial charge in [0.2, 0.25) is 0 Å². The molecule has 1 aromatic rings. The maximum absolute atomic E-state index is 5.88. The normalized spacial score (nSPS) is 11.0. The summed E-state index contributed by atoms with van der Waals surface area (Å²) in [6, 6.07) is 3.92. The van der Waals surface area contributed by atoms with Crippen LogP contribution in [0.4, 0.5) is 0 Å². The largest absolute Gasteiger partial charge is 0.493 e. The molecule has 0 aliphatic heterocycles. The third-order valence-electron chi connectivity index (χ3n) is 3.09. The Labute approximate surface area is 142 Å². The maximum Gasteiger partial charge on any atom is 0.166 e. The molecule has 0 saturated carbocycles. The molecule has 0 saturated heterocycles. The number of ether oxygens (including phenoxy) is 3. The molecule has 0 amide bonds. The Hall–Kier alpha value is -0.780. The second-order valence-corrected chi connectivity index (χ2v) is 6.21. The fourth-order valence-electron chi connectivity index (χ4n) is 2.00. The van der Waals surface area contributed by atoms with E-state index in [1.165, 1.54) is 0 Å². The average Bonchev–Trinajstić information content (AvgIpc) is 2.50. The first-order valence-corrected chi connectivity index (χ1v) is 8.69. The molecule has 0 fully saturated rings. The van der Waals surface area contributed by atoms with Gasteiger partial charge in [-0.25, -0.2) is 0 Å². The Morgan fingerprint density at radius 2 is 2.00 bits per heavy atom. The van der Waals surface area contributed by atoms with E-state index < -0.39 is 0 Å². The zero-order chi connectivity index (χ0) is 16.4. The standard InChI is InChI=1S/C17H28BrNO3/c1-5-10-22-17-14(15(18)7-8-16(17)20-4)12-19-9-6-11-21-13(2)3/h7-8,13,19H,5-6,9-12H2,1-4H3. The van der Waals surface area contributed by atoms with E-state index in [-0.39, 0.29) is 0 Å². The van der Waals surface area contributed by atoms with E-state index in [1.807, 2.05) is 12.1 Å². The van der Waals surface area contributed by atoms with Gasteiger partial charge in [0, 0.05) is 23.2 Å². The van der Waals surface area contributed by atoms with E-state index in [1.54, 1.807) is 7.11 Å². The smallest absolute Gasteiger partial charge is 0.166 e. The number of benzene rings is 1. The van der Waals surface area contributed by atoms with E-state index in [9.17, 15) is 0 Å². The first-order chi connectivity index (χ1) is 10.6. The molecular formula is C17H28BrNO3. The van der Waals surface area contributed by atoms with Crippen LogP contribution in [0.15, 0.2) is 16.6 Å². The van der Waals surface area contributed by atoms with Crippen molar-refractivity contribution in [2.75, 3.05) is 26.9 Å². The van der Waals surface area contributed by atoms with Crippen molar-refractivity contribution in [3.05, 3.63) is 22.2 Å². The highest BCUT2D eigenvalue weighted by molar-refractivity contribution is 9.10. The van der Waals surface area contributed by atoms with Crippen molar-refractivity contribution in [2.24, 2.45) is 0 Å². The van der Waals surface area contributed by atoms with E-state index in [0.29, 0.717) is 12.7 Å². The van der Waals surface area contributed by atoms with Gasteiger partial charge >= 0.3 is 0 Å². The summed E-state index contributed by atoms with van der Waals surface area (Å²) in [6.07, 6.45) is 2.25. The molecule has 0 radical (unpaired) electrons. The summed E-state index contributed by atoms with van der Waals surface area (Å²) in [5.74, 6) is 1.60. The summed E-state index contributed by atoms with van der Waals surface area (Å²) in [6.45, 7) is 9.31. The van der Waals surface area contributed by atoms with Gasteiger partial charge in [0.1, 0.15) is 0 Å². The van der Waals surface area contributed by atoms with Gasteiger partial charge in [-0.1, -0.05) is 22.9 Å². The number of methoxy groups -OCH3 is 1. The van der Waals surface area contributed by atoms with Crippen LogP contribution in [0.25, 0.3) is 0 Å². The summed E-state index contributed by atoms with van der Waals surface area (Å²) in [7, 11) is 1.67.